The molecule has 1 saturated heterocycles. The number of hydrogen-bond donors (Lipinski definition) is 0. The van der Waals surface area contributed by atoms with Gasteiger partial charge in [-0.2, -0.15) is 0 Å². The number of rotatable bonds is 4. The molecule has 0 radical (unpaired) electrons. The number of ether oxygens (including phenoxy) is 1. The van der Waals surface area contributed by atoms with Crippen molar-refractivity contribution in [1.82, 2.24) is 9.80 Å². The van der Waals surface area contributed by atoms with Gasteiger partial charge >= 0.3 is 0 Å². The van der Waals surface area contributed by atoms with E-state index in [2.05, 4.69) is 0 Å². The van der Waals surface area contributed by atoms with Crippen molar-refractivity contribution >= 4 is 34.8 Å². The van der Waals surface area contributed by atoms with Crippen molar-refractivity contribution in [1.29, 1.82) is 0 Å². The molecule has 24 heavy (non-hydrogen) atoms. The number of halogens is 1. The Labute approximate surface area is 149 Å². The molecule has 5 nitrogen and oxygen atoms in total. The molecule has 3 rings (SSSR count). The molecule has 1 aliphatic rings. The molecule has 0 unspecified atom stereocenters. The number of hydrogen-bond acceptors (Lipinski definition) is 4. The average molecular weight is 365 g/mol. The van der Waals surface area contributed by atoms with E-state index in [1.807, 2.05) is 30.3 Å². The first-order chi connectivity index (χ1) is 11.6. The second-order valence-corrected chi connectivity index (χ2v) is 7.09. The summed E-state index contributed by atoms with van der Waals surface area (Å²) in [4.78, 5) is 28.7. The third-order valence-corrected chi connectivity index (χ3v) is 5.03. The van der Waals surface area contributed by atoms with E-state index in [1.165, 1.54) is 11.3 Å². The molecule has 2 aromatic rings. The lowest BCUT2D eigenvalue weighted by molar-refractivity contribution is -0.134. The fraction of sp³-hybridized carbons (Fsp3) is 0.294. The fourth-order valence-electron chi connectivity index (χ4n) is 2.50. The third kappa shape index (κ3) is 4.07. The summed E-state index contributed by atoms with van der Waals surface area (Å²) in [5.41, 5.74) is 0. The summed E-state index contributed by atoms with van der Waals surface area (Å²) in [5.74, 6) is 0.582. The molecular formula is C17H17ClN2O3S. The molecule has 7 heteroatoms. The van der Waals surface area contributed by atoms with E-state index in [9.17, 15) is 9.59 Å². The summed E-state index contributed by atoms with van der Waals surface area (Å²) >= 11 is 7.15. The molecule has 0 bridgehead atoms. The zero-order chi connectivity index (χ0) is 16.9. The normalized spacial score (nSPS) is 14.5. The number of benzene rings is 1. The smallest absolute Gasteiger partial charge is 0.264 e. The van der Waals surface area contributed by atoms with Gasteiger partial charge in [-0.05, 0) is 24.3 Å². The summed E-state index contributed by atoms with van der Waals surface area (Å²) < 4.78 is 6.08. The molecule has 0 N–H and O–H groups in total. The lowest BCUT2D eigenvalue weighted by atomic mass is 10.3. The predicted molar refractivity (Wildman–Crippen MR) is 93.7 cm³/mol. The minimum absolute atomic E-state index is 0.0124. The molecule has 126 valence electrons. The minimum Gasteiger partial charge on any atom is -0.484 e. The van der Waals surface area contributed by atoms with Crippen LogP contribution in [0.4, 0.5) is 0 Å². The predicted octanol–water partition coefficient (Wildman–Crippen LogP) is 2.76. The number of thiophene rings is 1. The van der Waals surface area contributed by atoms with E-state index in [1.54, 1.807) is 21.9 Å². The Morgan fingerprint density at radius 3 is 2.29 bits per heavy atom. The highest BCUT2D eigenvalue weighted by atomic mass is 35.5. The van der Waals surface area contributed by atoms with Gasteiger partial charge in [0.05, 0.1) is 9.21 Å². The standard InChI is InChI=1S/C17H17ClN2O3S/c18-15-7-6-14(24-15)17(22)20-10-8-19(9-11-20)16(21)12-23-13-4-2-1-3-5-13/h1-7H,8-12H2. The van der Waals surface area contributed by atoms with Gasteiger partial charge < -0.3 is 14.5 Å². The second kappa shape index (κ2) is 7.68. The van der Waals surface area contributed by atoms with Gasteiger partial charge in [0, 0.05) is 26.2 Å². The Morgan fingerprint density at radius 2 is 1.67 bits per heavy atom. The van der Waals surface area contributed by atoms with Gasteiger partial charge in [-0.25, -0.2) is 0 Å². The molecule has 1 aliphatic heterocycles. The lowest BCUT2D eigenvalue weighted by Gasteiger charge is -2.34. The fourth-order valence-corrected chi connectivity index (χ4v) is 3.51. The van der Waals surface area contributed by atoms with Gasteiger partial charge in [0.25, 0.3) is 11.8 Å². The molecule has 1 aromatic heterocycles. The van der Waals surface area contributed by atoms with Crippen LogP contribution in [0, 0.1) is 0 Å². The Hall–Kier alpha value is -2.05. The molecule has 2 heterocycles. The molecule has 1 fully saturated rings. The molecule has 0 spiro atoms. The van der Waals surface area contributed by atoms with Crippen LogP contribution < -0.4 is 4.74 Å². The number of piperazine rings is 1. The van der Waals surface area contributed by atoms with Crippen LogP contribution in [-0.4, -0.2) is 54.4 Å². The minimum atomic E-state index is -0.0647. The van der Waals surface area contributed by atoms with Crippen LogP contribution in [0.5, 0.6) is 5.75 Å². The number of carbonyl (C=O) groups excluding carboxylic acids is 2. The van der Waals surface area contributed by atoms with Crippen LogP contribution in [-0.2, 0) is 4.79 Å². The van der Waals surface area contributed by atoms with Crippen molar-refractivity contribution in [2.45, 2.75) is 0 Å². The van der Waals surface area contributed by atoms with E-state index in [0.717, 1.165) is 0 Å². The van der Waals surface area contributed by atoms with Crippen molar-refractivity contribution in [3.8, 4) is 5.75 Å². The van der Waals surface area contributed by atoms with Crippen LogP contribution in [0.15, 0.2) is 42.5 Å². The largest absolute Gasteiger partial charge is 0.484 e. The maximum Gasteiger partial charge on any atom is 0.264 e. The Balaban J connectivity index is 1.47. The van der Waals surface area contributed by atoms with Crippen molar-refractivity contribution in [2.75, 3.05) is 32.8 Å². The van der Waals surface area contributed by atoms with Gasteiger partial charge in [-0.3, -0.25) is 9.59 Å². The van der Waals surface area contributed by atoms with Gasteiger partial charge in [0.1, 0.15) is 5.75 Å². The van der Waals surface area contributed by atoms with Crippen LogP contribution in [0.3, 0.4) is 0 Å². The van der Waals surface area contributed by atoms with E-state index >= 15 is 0 Å². The topological polar surface area (TPSA) is 49.9 Å². The van der Waals surface area contributed by atoms with E-state index < -0.39 is 0 Å². The second-order valence-electron chi connectivity index (χ2n) is 5.38. The summed E-state index contributed by atoms with van der Waals surface area (Å²) in [5, 5.41) is 0. The number of nitrogens with zero attached hydrogens (tertiary/aromatic N) is 2. The summed E-state index contributed by atoms with van der Waals surface area (Å²) in [6.07, 6.45) is 0. The molecule has 2 amide bonds. The maximum absolute atomic E-state index is 12.3. The van der Waals surface area contributed by atoms with E-state index in [4.69, 9.17) is 16.3 Å². The number of carbonyl (C=O) groups is 2. The first-order valence-corrected chi connectivity index (χ1v) is 8.83. The van der Waals surface area contributed by atoms with Crippen molar-refractivity contribution in [2.24, 2.45) is 0 Å². The zero-order valence-electron chi connectivity index (χ0n) is 13.0. The first-order valence-electron chi connectivity index (χ1n) is 7.64. The van der Waals surface area contributed by atoms with Crippen LogP contribution in [0.1, 0.15) is 9.67 Å². The number of amides is 2. The van der Waals surface area contributed by atoms with E-state index in [0.29, 0.717) is 41.1 Å². The SMILES string of the molecule is O=C(COc1ccccc1)N1CCN(C(=O)c2ccc(Cl)s2)CC1. The van der Waals surface area contributed by atoms with Crippen LogP contribution in [0.25, 0.3) is 0 Å². The molecule has 0 atom stereocenters. The van der Waals surface area contributed by atoms with Crippen molar-refractivity contribution < 1.29 is 14.3 Å². The van der Waals surface area contributed by atoms with Gasteiger partial charge in [-0.15, -0.1) is 11.3 Å². The molecule has 1 aromatic carbocycles. The Bertz CT molecular complexity index is 712. The molecule has 0 aliphatic carbocycles. The highest BCUT2D eigenvalue weighted by molar-refractivity contribution is 7.17. The lowest BCUT2D eigenvalue weighted by Crippen LogP contribution is -2.51. The summed E-state index contributed by atoms with van der Waals surface area (Å²) in [7, 11) is 0. The Morgan fingerprint density at radius 1 is 1.00 bits per heavy atom. The molecular weight excluding hydrogens is 348 g/mol. The van der Waals surface area contributed by atoms with Gasteiger partial charge in [-0.1, -0.05) is 29.8 Å². The van der Waals surface area contributed by atoms with E-state index in [-0.39, 0.29) is 18.4 Å². The van der Waals surface area contributed by atoms with Gasteiger partial charge in [0.2, 0.25) is 0 Å². The summed E-state index contributed by atoms with van der Waals surface area (Å²) in [6.45, 7) is 2.08. The van der Waals surface area contributed by atoms with Crippen molar-refractivity contribution in [3.05, 3.63) is 51.7 Å². The highest BCUT2D eigenvalue weighted by Gasteiger charge is 2.25. The summed E-state index contributed by atoms with van der Waals surface area (Å²) in [6, 6.07) is 12.7. The monoisotopic (exact) mass is 364 g/mol. The Kier molecular flexibility index (Phi) is 5.37. The zero-order valence-corrected chi connectivity index (χ0v) is 14.6. The van der Waals surface area contributed by atoms with Crippen LogP contribution in [0.2, 0.25) is 4.34 Å². The van der Waals surface area contributed by atoms with Crippen molar-refractivity contribution in [3.63, 3.8) is 0 Å². The van der Waals surface area contributed by atoms with Crippen LogP contribution >= 0.6 is 22.9 Å². The highest BCUT2D eigenvalue weighted by Crippen LogP contribution is 2.23. The number of para-hydroxylation sites is 1. The maximum atomic E-state index is 12.3. The molecule has 0 saturated carbocycles. The van der Waals surface area contributed by atoms with Gasteiger partial charge in [0.15, 0.2) is 6.61 Å². The third-order valence-electron chi connectivity index (χ3n) is 3.81. The quantitative estimate of drug-likeness (QED) is 0.838. The first kappa shape index (κ1) is 16.8. The average Bonchev–Trinajstić information content (AvgIpc) is 3.06.